The summed E-state index contributed by atoms with van der Waals surface area (Å²) in [5.41, 5.74) is 8.46. The van der Waals surface area contributed by atoms with Gasteiger partial charge in [0.15, 0.2) is 0 Å². The number of aryl methyl sites for hydroxylation is 1. The van der Waals surface area contributed by atoms with Gasteiger partial charge in [-0.3, -0.25) is 4.40 Å². The Kier molecular flexibility index (Phi) is 4.69. The minimum atomic E-state index is 0.808. The zero-order chi connectivity index (χ0) is 21.5. The molecule has 1 saturated heterocycles. The highest BCUT2D eigenvalue weighted by atomic mass is 16.5. The van der Waals surface area contributed by atoms with Crippen LogP contribution in [0.25, 0.3) is 27.8 Å². The van der Waals surface area contributed by atoms with Gasteiger partial charge in [-0.05, 0) is 41.5 Å². The van der Waals surface area contributed by atoms with Crippen molar-refractivity contribution in [3.05, 3.63) is 90.4 Å². The molecule has 1 fully saturated rings. The lowest BCUT2D eigenvalue weighted by atomic mass is 10.0. The van der Waals surface area contributed by atoms with E-state index in [-0.39, 0.29) is 0 Å². The van der Waals surface area contributed by atoms with Crippen molar-refractivity contribution in [3.8, 4) is 11.3 Å². The second-order valence-corrected chi connectivity index (χ2v) is 8.47. The molecule has 0 spiro atoms. The van der Waals surface area contributed by atoms with Crippen molar-refractivity contribution in [2.75, 3.05) is 31.2 Å². The van der Waals surface area contributed by atoms with Crippen LogP contribution in [-0.2, 0) is 18.2 Å². The normalized spacial score (nSPS) is 14.5. The summed E-state index contributed by atoms with van der Waals surface area (Å²) in [6.45, 7) is 3.54. The molecule has 32 heavy (non-hydrogen) atoms. The molecule has 0 bridgehead atoms. The van der Waals surface area contributed by atoms with Crippen molar-refractivity contribution >= 4 is 22.2 Å². The molecule has 160 valence electrons. The fraction of sp³-hybridized carbons (Fsp3) is 0.222. The first-order valence-electron chi connectivity index (χ1n) is 11.2. The van der Waals surface area contributed by atoms with Crippen LogP contribution < -0.4 is 4.90 Å². The SMILES string of the molecule is Cn1ccc2c(-c3ccc(Cc4ccc(N5CCOCC5)cc4)c4nccn34)cccc21. The molecular weight excluding hydrogens is 396 g/mol. The van der Waals surface area contributed by atoms with Gasteiger partial charge in [0, 0.05) is 67.3 Å². The third kappa shape index (κ3) is 3.26. The molecule has 2 aromatic carbocycles. The maximum absolute atomic E-state index is 5.47. The van der Waals surface area contributed by atoms with Gasteiger partial charge in [0.05, 0.1) is 18.9 Å². The van der Waals surface area contributed by atoms with Crippen LogP contribution in [0.15, 0.2) is 79.3 Å². The summed E-state index contributed by atoms with van der Waals surface area (Å²) < 4.78 is 9.86. The first kappa shape index (κ1) is 19.1. The summed E-state index contributed by atoms with van der Waals surface area (Å²) in [6, 6.07) is 22.1. The number of aromatic nitrogens is 3. The topological polar surface area (TPSA) is 34.7 Å². The van der Waals surface area contributed by atoms with Gasteiger partial charge in [0.2, 0.25) is 0 Å². The molecule has 6 rings (SSSR count). The zero-order valence-corrected chi connectivity index (χ0v) is 18.2. The monoisotopic (exact) mass is 422 g/mol. The Morgan fingerprint density at radius 1 is 0.906 bits per heavy atom. The number of hydrogen-bond donors (Lipinski definition) is 0. The smallest absolute Gasteiger partial charge is 0.140 e. The Bertz CT molecular complexity index is 1390. The molecule has 0 amide bonds. The predicted octanol–water partition coefficient (Wildman–Crippen LogP) is 4.92. The average Bonchev–Trinajstić information content (AvgIpc) is 3.48. The number of anilines is 1. The lowest BCUT2D eigenvalue weighted by Crippen LogP contribution is -2.36. The van der Waals surface area contributed by atoms with Crippen molar-refractivity contribution in [2.24, 2.45) is 7.05 Å². The number of fused-ring (bicyclic) bond motifs is 2. The Balaban J connectivity index is 1.34. The third-order valence-electron chi connectivity index (χ3n) is 6.54. The number of rotatable bonds is 4. The van der Waals surface area contributed by atoms with Crippen LogP contribution in [0.4, 0.5) is 5.69 Å². The van der Waals surface area contributed by atoms with Crippen LogP contribution in [0.2, 0.25) is 0 Å². The molecule has 4 heterocycles. The van der Waals surface area contributed by atoms with E-state index in [9.17, 15) is 0 Å². The third-order valence-corrected chi connectivity index (χ3v) is 6.54. The van der Waals surface area contributed by atoms with Crippen molar-refractivity contribution in [3.63, 3.8) is 0 Å². The number of pyridine rings is 1. The Morgan fingerprint density at radius 3 is 2.59 bits per heavy atom. The van der Waals surface area contributed by atoms with E-state index in [1.54, 1.807) is 0 Å². The zero-order valence-electron chi connectivity index (χ0n) is 18.2. The molecule has 0 aliphatic carbocycles. The van der Waals surface area contributed by atoms with Crippen LogP contribution >= 0.6 is 0 Å². The number of benzene rings is 2. The first-order valence-corrected chi connectivity index (χ1v) is 11.2. The maximum atomic E-state index is 5.47. The molecule has 0 atom stereocenters. The molecule has 5 nitrogen and oxygen atoms in total. The van der Waals surface area contributed by atoms with Crippen molar-refractivity contribution in [1.82, 2.24) is 14.0 Å². The van der Waals surface area contributed by atoms with Crippen LogP contribution in [0.3, 0.4) is 0 Å². The van der Waals surface area contributed by atoms with Crippen LogP contribution in [0, 0.1) is 0 Å². The molecule has 0 radical (unpaired) electrons. The van der Waals surface area contributed by atoms with E-state index in [1.807, 2.05) is 6.20 Å². The van der Waals surface area contributed by atoms with E-state index in [1.165, 1.54) is 39.0 Å². The second kappa shape index (κ2) is 7.84. The van der Waals surface area contributed by atoms with E-state index in [0.29, 0.717) is 0 Å². The highest BCUT2D eigenvalue weighted by molar-refractivity contribution is 5.95. The van der Waals surface area contributed by atoms with E-state index >= 15 is 0 Å². The Hall–Kier alpha value is -3.57. The van der Waals surface area contributed by atoms with Crippen molar-refractivity contribution in [2.45, 2.75) is 6.42 Å². The lowest BCUT2D eigenvalue weighted by Gasteiger charge is -2.28. The summed E-state index contributed by atoms with van der Waals surface area (Å²) in [6.07, 6.45) is 6.94. The Morgan fingerprint density at radius 2 is 1.75 bits per heavy atom. The van der Waals surface area contributed by atoms with Crippen LogP contribution in [0.5, 0.6) is 0 Å². The van der Waals surface area contributed by atoms with Gasteiger partial charge in [-0.25, -0.2) is 4.98 Å². The molecular formula is C27H26N4O. The summed E-state index contributed by atoms with van der Waals surface area (Å²) in [5.74, 6) is 0. The number of imidazole rings is 1. The highest BCUT2D eigenvalue weighted by Crippen LogP contribution is 2.31. The number of hydrogen-bond acceptors (Lipinski definition) is 3. The average molecular weight is 423 g/mol. The van der Waals surface area contributed by atoms with E-state index in [2.05, 4.69) is 94.0 Å². The highest BCUT2D eigenvalue weighted by Gasteiger charge is 2.14. The second-order valence-electron chi connectivity index (χ2n) is 8.47. The largest absolute Gasteiger partial charge is 0.378 e. The van der Waals surface area contributed by atoms with Crippen LogP contribution in [0.1, 0.15) is 11.1 Å². The van der Waals surface area contributed by atoms with Gasteiger partial charge in [0.1, 0.15) is 5.65 Å². The summed E-state index contributed by atoms with van der Waals surface area (Å²) >= 11 is 0. The maximum Gasteiger partial charge on any atom is 0.140 e. The number of morpholine rings is 1. The van der Waals surface area contributed by atoms with Gasteiger partial charge in [-0.1, -0.05) is 30.3 Å². The fourth-order valence-electron chi connectivity index (χ4n) is 4.82. The first-order chi connectivity index (χ1) is 15.8. The summed E-state index contributed by atoms with van der Waals surface area (Å²) in [7, 11) is 2.09. The molecule has 5 heteroatoms. The van der Waals surface area contributed by atoms with E-state index in [4.69, 9.17) is 9.72 Å². The Labute approximate surface area is 187 Å². The molecule has 0 N–H and O–H groups in total. The molecule has 1 aliphatic heterocycles. The number of ether oxygens (including phenoxy) is 1. The summed E-state index contributed by atoms with van der Waals surface area (Å²) in [5, 5.41) is 1.26. The van der Waals surface area contributed by atoms with Crippen LogP contribution in [-0.4, -0.2) is 40.3 Å². The molecule has 0 saturated carbocycles. The van der Waals surface area contributed by atoms with Crippen molar-refractivity contribution < 1.29 is 4.74 Å². The quantitative estimate of drug-likeness (QED) is 0.412. The molecule has 1 aliphatic rings. The summed E-state index contributed by atoms with van der Waals surface area (Å²) in [4.78, 5) is 7.10. The predicted molar refractivity (Wildman–Crippen MR) is 129 cm³/mol. The minimum absolute atomic E-state index is 0.808. The van der Waals surface area contributed by atoms with E-state index < -0.39 is 0 Å². The van der Waals surface area contributed by atoms with Gasteiger partial charge >= 0.3 is 0 Å². The lowest BCUT2D eigenvalue weighted by molar-refractivity contribution is 0.122. The number of nitrogens with zero attached hydrogens (tertiary/aromatic N) is 4. The van der Waals surface area contributed by atoms with E-state index in [0.717, 1.165) is 38.4 Å². The minimum Gasteiger partial charge on any atom is -0.378 e. The van der Waals surface area contributed by atoms with Gasteiger partial charge in [-0.2, -0.15) is 0 Å². The fourth-order valence-corrected chi connectivity index (χ4v) is 4.82. The molecule has 3 aromatic heterocycles. The van der Waals surface area contributed by atoms with Gasteiger partial charge < -0.3 is 14.2 Å². The van der Waals surface area contributed by atoms with Crippen molar-refractivity contribution in [1.29, 1.82) is 0 Å². The van der Waals surface area contributed by atoms with Gasteiger partial charge in [0.25, 0.3) is 0 Å². The van der Waals surface area contributed by atoms with Gasteiger partial charge in [-0.15, -0.1) is 0 Å². The molecule has 0 unspecified atom stereocenters. The molecule has 5 aromatic rings. The standard InChI is InChI=1S/C27H26N4O/c1-29-13-11-24-23(3-2-4-25(24)29)26-10-7-21(27-28-12-14-31(26)27)19-20-5-8-22(9-6-20)30-15-17-32-18-16-30/h2-14H,15-19H2,1H3.